The van der Waals surface area contributed by atoms with Gasteiger partial charge in [-0.25, -0.2) is 13.1 Å². The van der Waals surface area contributed by atoms with Gasteiger partial charge in [-0.3, -0.25) is 0 Å². The molecule has 3 rings (SSSR count). The van der Waals surface area contributed by atoms with Crippen LogP contribution in [0.25, 0.3) is 0 Å². The van der Waals surface area contributed by atoms with Crippen molar-refractivity contribution in [3.05, 3.63) is 11.7 Å². The van der Waals surface area contributed by atoms with Gasteiger partial charge >= 0.3 is 0 Å². The highest BCUT2D eigenvalue weighted by Gasteiger charge is 2.59. The minimum absolute atomic E-state index is 0.332. The van der Waals surface area contributed by atoms with Crippen LogP contribution in [-0.2, 0) is 15.6 Å². The van der Waals surface area contributed by atoms with E-state index in [0.717, 1.165) is 18.6 Å². The number of hydrogen-bond donors (Lipinski definition) is 1. The zero-order chi connectivity index (χ0) is 19.4. The minimum Gasteiger partial charge on any atom is -0.339 e. The van der Waals surface area contributed by atoms with Gasteiger partial charge in [-0.2, -0.15) is 4.98 Å². The van der Waals surface area contributed by atoms with Crippen LogP contribution in [-0.4, -0.2) is 24.8 Å². The average Bonchev–Trinajstić information content (AvgIpc) is 2.98. The van der Waals surface area contributed by atoms with Crippen molar-refractivity contribution in [2.24, 2.45) is 16.7 Å². The molecule has 2 aliphatic carbocycles. The van der Waals surface area contributed by atoms with Crippen LogP contribution in [0, 0.1) is 16.7 Å². The van der Waals surface area contributed by atoms with Crippen LogP contribution in [0.3, 0.4) is 0 Å². The van der Waals surface area contributed by atoms with Crippen molar-refractivity contribution in [3.8, 4) is 0 Å². The Labute approximate surface area is 157 Å². The summed E-state index contributed by atoms with van der Waals surface area (Å²) in [6.45, 7) is 10.6. The molecule has 1 spiro atoms. The van der Waals surface area contributed by atoms with Crippen LogP contribution in [0.2, 0.25) is 0 Å². The molecule has 26 heavy (non-hydrogen) atoms. The maximum atomic E-state index is 11.6. The van der Waals surface area contributed by atoms with Crippen LogP contribution in [0.5, 0.6) is 0 Å². The molecule has 148 valence electrons. The van der Waals surface area contributed by atoms with Gasteiger partial charge in [-0.05, 0) is 62.7 Å². The van der Waals surface area contributed by atoms with Crippen LogP contribution in [0.1, 0.15) is 90.8 Å². The maximum absolute atomic E-state index is 11.6. The molecule has 1 aromatic rings. The van der Waals surface area contributed by atoms with Crippen molar-refractivity contribution in [2.75, 3.05) is 6.26 Å². The lowest BCUT2D eigenvalue weighted by Gasteiger charge is -2.39. The van der Waals surface area contributed by atoms with E-state index in [1.807, 2.05) is 0 Å². The van der Waals surface area contributed by atoms with Crippen LogP contribution in [0.15, 0.2) is 4.52 Å². The van der Waals surface area contributed by atoms with Crippen molar-refractivity contribution in [1.29, 1.82) is 0 Å². The largest absolute Gasteiger partial charge is 0.339 e. The van der Waals surface area contributed by atoms with E-state index in [2.05, 4.69) is 35.6 Å². The summed E-state index contributed by atoms with van der Waals surface area (Å²) in [6.07, 6.45) is 8.50. The third-order valence-electron chi connectivity index (χ3n) is 6.93. The predicted molar refractivity (Wildman–Crippen MR) is 101 cm³/mol. The molecule has 0 amide bonds. The summed E-state index contributed by atoms with van der Waals surface area (Å²) >= 11 is 0. The molecule has 2 fully saturated rings. The zero-order valence-electron chi connectivity index (χ0n) is 16.9. The highest BCUT2D eigenvalue weighted by molar-refractivity contribution is 7.88. The second-order valence-corrected chi connectivity index (χ2v) is 11.4. The van der Waals surface area contributed by atoms with Gasteiger partial charge in [0.05, 0.1) is 11.8 Å². The number of nitrogens with zero attached hydrogens (tertiary/aromatic N) is 2. The molecule has 7 heteroatoms. The second-order valence-electron chi connectivity index (χ2n) is 9.69. The van der Waals surface area contributed by atoms with Crippen molar-refractivity contribution < 1.29 is 12.9 Å². The first kappa shape index (κ1) is 19.8. The van der Waals surface area contributed by atoms with Crippen LogP contribution < -0.4 is 4.72 Å². The highest BCUT2D eigenvalue weighted by atomic mass is 32.2. The van der Waals surface area contributed by atoms with Crippen molar-refractivity contribution >= 4 is 10.0 Å². The van der Waals surface area contributed by atoms with Gasteiger partial charge in [0.25, 0.3) is 0 Å². The van der Waals surface area contributed by atoms with E-state index in [1.165, 1.54) is 32.1 Å². The second kappa shape index (κ2) is 6.30. The predicted octanol–water partition coefficient (Wildman–Crippen LogP) is 3.95. The Hall–Kier alpha value is -0.950. The van der Waals surface area contributed by atoms with Gasteiger partial charge in [0, 0.05) is 5.92 Å². The van der Waals surface area contributed by atoms with E-state index < -0.39 is 15.6 Å². The molecule has 2 aliphatic rings. The molecular weight excluding hydrogens is 350 g/mol. The van der Waals surface area contributed by atoms with Crippen molar-refractivity contribution in [1.82, 2.24) is 14.9 Å². The van der Waals surface area contributed by atoms with Gasteiger partial charge in [0.15, 0.2) is 5.82 Å². The van der Waals surface area contributed by atoms with E-state index in [-0.39, 0.29) is 0 Å². The van der Waals surface area contributed by atoms with Gasteiger partial charge in [0.2, 0.25) is 15.9 Å². The Kier molecular flexibility index (Phi) is 4.80. The number of rotatable bonds is 6. The van der Waals surface area contributed by atoms with Crippen LogP contribution >= 0.6 is 0 Å². The summed E-state index contributed by atoms with van der Waals surface area (Å²) in [5.74, 6) is 2.22. The molecular formula is C19H33N3O3S. The first-order valence-corrected chi connectivity index (χ1v) is 11.6. The van der Waals surface area contributed by atoms with E-state index >= 15 is 0 Å². The summed E-state index contributed by atoms with van der Waals surface area (Å²) in [4.78, 5) is 4.56. The molecule has 1 atom stereocenters. The molecule has 0 bridgehead atoms. The van der Waals surface area contributed by atoms with Crippen LogP contribution in [0.4, 0.5) is 0 Å². The SMILES string of the molecule is CCC(C)(C)C1CCC2(CC1)CC2c1nc(C(C)(C)NS(C)(=O)=O)no1. The Balaban J connectivity index is 1.66. The van der Waals surface area contributed by atoms with Crippen molar-refractivity contribution in [2.45, 2.75) is 84.6 Å². The summed E-state index contributed by atoms with van der Waals surface area (Å²) in [5.41, 5.74) is -0.121. The van der Waals surface area contributed by atoms with E-state index in [4.69, 9.17) is 4.52 Å². The average molecular weight is 384 g/mol. The minimum atomic E-state index is -3.35. The molecule has 1 heterocycles. The van der Waals surface area contributed by atoms with Gasteiger partial charge in [-0.15, -0.1) is 0 Å². The third-order valence-corrected chi connectivity index (χ3v) is 7.81. The fourth-order valence-electron chi connectivity index (χ4n) is 4.65. The lowest BCUT2D eigenvalue weighted by Crippen LogP contribution is -2.41. The monoisotopic (exact) mass is 383 g/mol. The highest BCUT2D eigenvalue weighted by Crippen LogP contribution is 2.67. The molecule has 2 saturated carbocycles. The van der Waals surface area contributed by atoms with E-state index in [9.17, 15) is 8.42 Å². The number of hydrogen-bond acceptors (Lipinski definition) is 5. The fourth-order valence-corrected chi connectivity index (χ4v) is 5.67. The molecule has 6 nitrogen and oxygen atoms in total. The molecule has 0 aliphatic heterocycles. The fraction of sp³-hybridized carbons (Fsp3) is 0.895. The molecule has 1 unspecified atom stereocenters. The Morgan fingerprint density at radius 2 is 1.85 bits per heavy atom. The molecule has 0 radical (unpaired) electrons. The number of nitrogens with one attached hydrogen (secondary N) is 1. The van der Waals surface area contributed by atoms with E-state index in [0.29, 0.717) is 28.5 Å². The topological polar surface area (TPSA) is 85.1 Å². The summed E-state index contributed by atoms with van der Waals surface area (Å²) < 4.78 is 31.2. The third kappa shape index (κ3) is 3.84. The first-order chi connectivity index (χ1) is 11.9. The van der Waals surface area contributed by atoms with Crippen molar-refractivity contribution in [3.63, 3.8) is 0 Å². The van der Waals surface area contributed by atoms with E-state index in [1.54, 1.807) is 13.8 Å². The molecule has 1 aromatic heterocycles. The normalized spacial score (nSPS) is 29.9. The Morgan fingerprint density at radius 1 is 1.23 bits per heavy atom. The molecule has 0 saturated heterocycles. The summed E-state index contributed by atoms with van der Waals surface area (Å²) in [7, 11) is -3.35. The molecule has 1 N–H and O–H groups in total. The molecule has 0 aromatic carbocycles. The zero-order valence-corrected chi connectivity index (χ0v) is 17.7. The quantitative estimate of drug-likeness (QED) is 0.804. The van der Waals surface area contributed by atoms with Gasteiger partial charge in [-0.1, -0.05) is 32.3 Å². The Bertz CT molecular complexity index is 759. The smallest absolute Gasteiger partial charge is 0.230 e. The maximum Gasteiger partial charge on any atom is 0.230 e. The summed E-state index contributed by atoms with van der Waals surface area (Å²) in [5, 5.41) is 4.07. The standard InChI is InChI=1S/C19H33N3O3S/c1-7-17(2,3)13-8-10-19(11-9-13)12-14(19)15-20-16(21-25-15)18(4,5)22-26(6,23)24/h13-14,22H,7-12H2,1-6H3. The van der Waals surface area contributed by atoms with Gasteiger partial charge < -0.3 is 4.52 Å². The lowest BCUT2D eigenvalue weighted by molar-refractivity contribution is 0.117. The summed E-state index contributed by atoms with van der Waals surface area (Å²) in [6, 6.07) is 0. The van der Waals surface area contributed by atoms with Gasteiger partial charge in [0.1, 0.15) is 0 Å². The number of sulfonamides is 1. The first-order valence-electron chi connectivity index (χ1n) is 9.72. The Morgan fingerprint density at radius 3 is 2.38 bits per heavy atom. The lowest BCUT2D eigenvalue weighted by atomic mass is 9.66. The number of aromatic nitrogens is 2.